The summed E-state index contributed by atoms with van der Waals surface area (Å²) >= 11 is 4.71. The van der Waals surface area contributed by atoms with Crippen LogP contribution < -0.4 is 14.9 Å². The summed E-state index contributed by atoms with van der Waals surface area (Å²) in [6, 6.07) is 2.20. The SMILES string of the molecule is CC(=O)N1CCc2cc(Br)c(S(=O)(=O)NC(C)C(=O)NCc3cscn3)cc21. The van der Waals surface area contributed by atoms with Crippen LogP contribution in [0.5, 0.6) is 0 Å². The van der Waals surface area contributed by atoms with Gasteiger partial charge >= 0.3 is 0 Å². The Morgan fingerprint density at radius 2 is 2.14 bits per heavy atom. The van der Waals surface area contributed by atoms with Gasteiger partial charge in [0.15, 0.2) is 0 Å². The molecule has 1 aromatic carbocycles. The van der Waals surface area contributed by atoms with Crippen LogP contribution in [0.4, 0.5) is 5.69 Å². The quantitative estimate of drug-likeness (QED) is 0.646. The number of hydrogen-bond donors (Lipinski definition) is 2. The number of anilines is 1. The summed E-state index contributed by atoms with van der Waals surface area (Å²) in [7, 11) is -3.99. The van der Waals surface area contributed by atoms with Gasteiger partial charge in [0.05, 0.1) is 28.7 Å². The van der Waals surface area contributed by atoms with Gasteiger partial charge in [0.2, 0.25) is 21.8 Å². The molecule has 0 saturated carbocycles. The number of fused-ring (bicyclic) bond motifs is 1. The number of thiazole rings is 1. The van der Waals surface area contributed by atoms with Crippen molar-refractivity contribution in [2.45, 2.75) is 37.8 Å². The van der Waals surface area contributed by atoms with E-state index >= 15 is 0 Å². The van der Waals surface area contributed by atoms with Gasteiger partial charge in [-0.1, -0.05) is 0 Å². The van der Waals surface area contributed by atoms with Gasteiger partial charge in [-0.15, -0.1) is 11.3 Å². The van der Waals surface area contributed by atoms with Crippen molar-refractivity contribution >= 4 is 54.8 Å². The number of nitrogens with zero attached hydrogens (tertiary/aromatic N) is 2. The van der Waals surface area contributed by atoms with E-state index in [1.54, 1.807) is 21.9 Å². The Kier molecular flexibility index (Phi) is 6.18. The van der Waals surface area contributed by atoms with Crippen LogP contribution in [0.2, 0.25) is 0 Å². The summed E-state index contributed by atoms with van der Waals surface area (Å²) in [5.74, 6) is -0.605. The fourth-order valence-electron chi connectivity index (χ4n) is 2.93. The third-order valence-electron chi connectivity index (χ3n) is 4.35. The van der Waals surface area contributed by atoms with Crippen molar-refractivity contribution in [3.05, 3.63) is 38.8 Å². The fourth-order valence-corrected chi connectivity index (χ4v) is 5.80. The number of carbonyl (C=O) groups excluding carboxylic acids is 2. The summed E-state index contributed by atoms with van der Waals surface area (Å²) in [4.78, 5) is 29.6. The van der Waals surface area contributed by atoms with Crippen molar-refractivity contribution in [1.82, 2.24) is 15.0 Å². The van der Waals surface area contributed by atoms with Gasteiger partial charge < -0.3 is 10.2 Å². The maximum Gasteiger partial charge on any atom is 0.242 e. The molecular weight excluding hydrogens is 468 g/mol. The van der Waals surface area contributed by atoms with Crippen LogP contribution in [0.3, 0.4) is 0 Å². The van der Waals surface area contributed by atoms with Crippen molar-refractivity contribution in [2.75, 3.05) is 11.4 Å². The molecule has 1 aliphatic heterocycles. The average Bonchev–Trinajstić information content (AvgIpc) is 3.27. The molecule has 8 nitrogen and oxygen atoms in total. The molecule has 3 rings (SSSR count). The lowest BCUT2D eigenvalue weighted by molar-refractivity contribution is -0.122. The number of rotatable bonds is 6. The van der Waals surface area contributed by atoms with Crippen LogP contribution in [-0.2, 0) is 32.6 Å². The Hall–Kier alpha value is -1.82. The molecule has 150 valence electrons. The highest BCUT2D eigenvalue weighted by atomic mass is 79.9. The van der Waals surface area contributed by atoms with Gasteiger partial charge in [0.25, 0.3) is 0 Å². The van der Waals surface area contributed by atoms with E-state index < -0.39 is 22.0 Å². The second-order valence-corrected chi connectivity index (χ2v) is 9.63. The van der Waals surface area contributed by atoms with E-state index in [1.807, 2.05) is 0 Å². The number of amides is 2. The lowest BCUT2D eigenvalue weighted by Crippen LogP contribution is -2.44. The Balaban J connectivity index is 1.76. The molecule has 2 heterocycles. The van der Waals surface area contributed by atoms with Crippen LogP contribution in [0.1, 0.15) is 25.1 Å². The average molecular weight is 487 g/mol. The zero-order valence-electron chi connectivity index (χ0n) is 15.2. The van der Waals surface area contributed by atoms with Gasteiger partial charge in [0.1, 0.15) is 0 Å². The molecule has 11 heteroatoms. The highest BCUT2D eigenvalue weighted by Crippen LogP contribution is 2.35. The van der Waals surface area contributed by atoms with Crippen molar-refractivity contribution < 1.29 is 18.0 Å². The zero-order chi connectivity index (χ0) is 20.5. The largest absolute Gasteiger partial charge is 0.349 e. The van der Waals surface area contributed by atoms with Crippen LogP contribution >= 0.6 is 27.3 Å². The maximum absolute atomic E-state index is 12.8. The number of nitrogens with one attached hydrogen (secondary N) is 2. The second kappa shape index (κ2) is 8.27. The van der Waals surface area contributed by atoms with E-state index in [0.29, 0.717) is 28.8 Å². The van der Waals surface area contributed by atoms with E-state index in [1.165, 1.54) is 31.3 Å². The smallest absolute Gasteiger partial charge is 0.242 e. The van der Waals surface area contributed by atoms with Crippen LogP contribution in [0, 0.1) is 0 Å². The number of halogens is 1. The summed E-state index contributed by atoms with van der Waals surface area (Å²) < 4.78 is 28.5. The minimum Gasteiger partial charge on any atom is -0.349 e. The molecule has 2 N–H and O–H groups in total. The fraction of sp³-hybridized carbons (Fsp3) is 0.353. The Morgan fingerprint density at radius 3 is 2.79 bits per heavy atom. The molecule has 0 spiro atoms. The normalized spacial score (nSPS) is 14.6. The Morgan fingerprint density at radius 1 is 1.39 bits per heavy atom. The first-order valence-corrected chi connectivity index (χ1v) is 11.7. The predicted octanol–water partition coefficient (Wildman–Crippen LogP) is 1.80. The monoisotopic (exact) mass is 486 g/mol. The van der Waals surface area contributed by atoms with Gasteiger partial charge in [-0.3, -0.25) is 9.59 Å². The van der Waals surface area contributed by atoms with E-state index in [9.17, 15) is 18.0 Å². The summed E-state index contributed by atoms with van der Waals surface area (Å²) in [6.07, 6.45) is 0.663. The first-order valence-electron chi connectivity index (χ1n) is 8.46. The first kappa shape index (κ1) is 20.9. The maximum atomic E-state index is 12.8. The first-order chi connectivity index (χ1) is 13.2. The van der Waals surface area contributed by atoms with E-state index in [0.717, 1.165) is 5.56 Å². The highest BCUT2D eigenvalue weighted by molar-refractivity contribution is 9.10. The van der Waals surface area contributed by atoms with Gasteiger partial charge in [-0.05, 0) is 47.0 Å². The van der Waals surface area contributed by atoms with Crippen LogP contribution in [0.15, 0.2) is 32.4 Å². The van der Waals surface area contributed by atoms with Gasteiger partial charge in [-0.25, -0.2) is 13.4 Å². The zero-order valence-corrected chi connectivity index (χ0v) is 18.4. The number of benzene rings is 1. The Bertz CT molecular complexity index is 1010. The third kappa shape index (κ3) is 4.43. The van der Waals surface area contributed by atoms with Gasteiger partial charge in [0, 0.05) is 29.0 Å². The standard InChI is InChI=1S/C17H19BrN4O4S2/c1-10(17(24)19-7-13-8-27-9-20-13)21-28(25,26)16-6-15-12(5-14(16)18)3-4-22(15)11(2)23/h5-6,8-10,21H,3-4,7H2,1-2H3,(H,19,24). The summed E-state index contributed by atoms with van der Waals surface area (Å²) in [6.45, 7) is 3.66. The molecule has 2 amide bonds. The van der Waals surface area contributed by atoms with E-state index in [2.05, 4.69) is 31.0 Å². The summed E-state index contributed by atoms with van der Waals surface area (Å²) in [5, 5.41) is 4.45. The molecule has 1 aromatic heterocycles. The highest BCUT2D eigenvalue weighted by Gasteiger charge is 2.29. The summed E-state index contributed by atoms with van der Waals surface area (Å²) in [5.41, 5.74) is 3.84. The molecule has 0 aliphatic carbocycles. The molecule has 0 bridgehead atoms. The topological polar surface area (TPSA) is 108 Å². The van der Waals surface area contributed by atoms with Crippen LogP contribution in [0.25, 0.3) is 0 Å². The molecule has 2 aromatic rings. The molecule has 0 fully saturated rings. The Labute approximate surface area is 175 Å². The molecule has 28 heavy (non-hydrogen) atoms. The molecule has 1 unspecified atom stereocenters. The molecule has 0 saturated heterocycles. The molecule has 1 atom stereocenters. The molecule has 1 aliphatic rings. The number of carbonyl (C=O) groups is 2. The van der Waals surface area contributed by atoms with Crippen LogP contribution in [-0.4, -0.2) is 37.8 Å². The molecular formula is C17H19BrN4O4S2. The lowest BCUT2D eigenvalue weighted by Gasteiger charge is -2.18. The predicted molar refractivity (Wildman–Crippen MR) is 110 cm³/mol. The number of sulfonamides is 1. The third-order valence-corrected chi connectivity index (χ3v) is 7.49. The second-order valence-electron chi connectivity index (χ2n) is 6.37. The number of hydrogen-bond acceptors (Lipinski definition) is 6. The lowest BCUT2D eigenvalue weighted by atomic mass is 10.2. The van der Waals surface area contributed by atoms with E-state index in [4.69, 9.17) is 0 Å². The minimum atomic E-state index is -3.99. The molecule has 0 radical (unpaired) electrons. The minimum absolute atomic E-state index is 0.0152. The van der Waals surface area contributed by atoms with E-state index in [-0.39, 0.29) is 17.3 Å². The van der Waals surface area contributed by atoms with Crippen molar-refractivity contribution in [1.29, 1.82) is 0 Å². The van der Waals surface area contributed by atoms with Crippen molar-refractivity contribution in [3.8, 4) is 0 Å². The van der Waals surface area contributed by atoms with Crippen molar-refractivity contribution in [2.24, 2.45) is 0 Å². The van der Waals surface area contributed by atoms with Crippen molar-refractivity contribution in [3.63, 3.8) is 0 Å². The van der Waals surface area contributed by atoms with Gasteiger partial charge in [-0.2, -0.15) is 4.72 Å². The number of aromatic nitrogens is 1.